The Kier molecular flexibility index (Phi) is 4.38. The molecule has 5 heteroatoms. The van der Waals surface area contributed by atoms with Crippen molar-refractivity contribution in [2.24, 2.45) is 0 Å². The van der Waals surface area contributed by atoms with Crippen LogP contribution in [0.25, 0.3) is 0 Å². The molecule has 17 heavy (non-hydrogen) atoms. The number of rotatable bonds is 3. The van der Waals surface area contributed by atoms with Gasteiger partial charge in [0.1, 0.15) is 0 Å². The van der Waals surface area contributed by atoms with Gasteiger partial charge in [0, 0.05) is 18.1 Å². The first kappa shape index (κ1) is 14.7. The molecule has 0 N–H and O–H groups in total. The van der Waals surface area contributed by atoms with E-state index in [-0.39, 0.29) is 0 Å². The SMILES string of the molecule is CN(Cc1cccc(Br)c1)S(=O)(=O)C(C)(C)C. The van der Waals surface area contributed by atoms with Crippen molar-refractivity contribution in [3.8, 4) is 0 Å². The normalized spacial score (nSPS) is 13.1. The highest BCUT2D eigenvalue weighted by atomic mass is 79.9. The van der Waals surface area contributed by atoms with Crippen LogP contribution in [0.3, 0.4) is 0 Å². The summed E-state index contributed by atoms with van der Waals surface area (Å²) in [6.45, 7) is 5.51. The van der Waals surface area contributed by atoms with Gasteiger partial charge in [0.05, 0.1) is 4.75 Å². The van der Waals surface area contributed by atoms with E-state index in [1.54, 1.807) is 27.8 Å². The summed E-state index contributed by atoms with van der Waals surface area (Å²) >= 11 is 3.37. The molecule has 0 aliphatic heterocycles. The molecule has 0 bridgehead atoms. The minimum atomic E-state index is -3.27. The van der Waals surface area contributed by atoms with Crippen molar-refractivity contribution >= 4 is 26.0 Å². The third-order valence-corrected chi connectivity index (χ3v) is 5.47. The highest BCUT2D eigenvalue weighted by molar-refractivity contribution is 9.10. The summed E-state index contributed by atoms with van der Waals surface area (Å²) in [5.41, 5.74) is 0.967. The second kappa shape index (κ2) is 5.08. The van der Waals surface area contributed by atoms with Crippen LogP contribution in [-0.2, 0) is 16.6 Å². The Morgan fingerprint density at radius 3 is 2.35 bits per heavy atom. The first-order chi connectivity index (χ1) is 7.64. The highest BCUT2D eigenvalue weighted by Gasteiger charge is 2.32. The van der Waals surface area contributed by atoms with Crippen LogP contribution in [0, 0.1) is 0 Å². The van der Waals surface area contributed by atoms with E-state index in [1.807, 2.05) is 24.3 Å². The molecule has 0 aliphatic carbocycles. The van der Waals surface area contributed by atoms with Gasteiger partial charge in [0.2, 0.25) is 10.0 Å². The summed E-state index contributed by atoms with van der Waals surface area (Å²) in [5, 5.41) is 0. The predicted molar refractivity (Wildman–Crippen MR) is 74.3 cm³/mol. The molecule has 0 spiro atoms. The molecule has 0 aromatic heterocycles. The zero-order chi connectivity index (χ0) is 13.3. The summed E-state index contributed by atoms with van der Waals surface area (Å²) < 4.78 is 25.9. The second-order valence-corrected chi connectivity index (χ2v) is 8.72. The predicted octanol–water partition coefficient (Wildman–Crippen LogP) is 3.01. The zero-order valence-corrected chi connectivity index (χ0v) is 13.0. The molecule has 96 valence electrons. The number of benzene rings is 1. The van der Waals surface area contributed by atoms with E-state index in [0.29, 0.717) is 6.54 Å². The molecule has 0 fully saturated rings. The Morgan fingerprint density at radius 1 is 1.29 bits per heavy atom. The van der Waals surface area contributed by atoms with Gasteiger partial charge in [-0.15, -0.1) is 0 Å². The van der Waals surface area contributed by atoms with Gasteiger partial charge < -0.3 is 0 Å². The zero-order valence-electron chi connectivity index (χ0n) is 10.6. The van der Waals surface area contributed by atoms with Crippen molar-refractivity contribution in [2.45, 2.75) is 32.1 Å². The van der Waals surface area contributed by atoms with Gasteiger partial charge in [0.15, 0.2) is 0 Å². The standard InChI is InChI=1S/C12H18BrNO2S/c1-12(2,3)17(15,16)14(4)9-10-6-5-7-11(13)8-10/h5-8H,9H2,1-4H3. The van der Waals surface area contributed by atoms with Gasteiger partial charge in [-0.25, -0.2) is 12.7 Å². The molecule has 1 rings (SSSR count). The number of hydrogen-bond acceptors (Lipinski definition) is 2. The molecule has 0 unspecified atom stereocenters. The van der Waals surface area contributed by atoms with E-state index in [1.165, 1.54) is 4.31 Å². The van der Waals surface area contributed by atoms with E-state index in [2.05, 4.69) is 15.9 Å². The van der Waals surface area contributed by atoms with Crippen LogP contribution in [-0.4, -0.2) is 24.5 Å². The number of nitrogens with zero attached hydrogens (tertiary/aromatic N) is 1. The maximum atomic E-state index is 12.2. The molecule has 0 amide bonds. The van der Waals surface area contributed by atoms with Gasteiger partial charge in [-0.3, -0.25) is 0 Å². The third kappa shape index (κ3) is 3.53. The van der Waals surface area contributed by atoms with Crippen molar-refractivity contribution in [3.05, 3.63) is 34.3 Å². The fourth-order valence-electron chi connectivity index (χ4n) is 1.44. The Balaban J connectivity index is 2.91. The van der Waals surface area contributed by atoms with Gasteiger partial charge in [-0.1, -0.05) is 28.1 Å². The maximum Gasteiger partial charge on any atom is 0.219 e. The van der Waals surface area contributed by atoms with Crippen LogP contribution in [0.15, 0.2) is 28.7 Å². The Bertz CT molecular complexity index is 491. The van der Waals surface area contributed by atoms with E-state index in [0.717, 1.165) is 10.0 Å². The average molecular weight is 320 g/mol. The van der Waals surface area contributed by atoms with E-state index in [9.17, 15) is 8.42 Å². The summed E-state index contributed by atoms with van der Waals surface area (Å²) in [7, 11) is -1.66. The van der Waals surface area contributed by atoms with Crippen LogP contribution in [0.1, 0.15) is 26.3 Å². The molecule has 0 saturated carbocycles. The Hall–Kier alpha value is -0.390. The molecule has 1 aromatic rings. The molecular weight excluding hydrogens is 302 g/mol. The van der Waals surface area contributed by atoms with E-state index in [4.69, 9.17) is 0 Å². The van der Waals surface area contributed by atoms with Crippen molar-refractivity contribution in [1.82, 2.24) is 4.31 Å². The molecular formula is C12H18BrNO2S. The lowest BCUT2D eigenvalue weighted by Gasteiger charge is -2.26. The molecule has 0 radical (unpaired) electrons. The number of sulfonamides is 1. The van der Waals surface area contributed by atoms with Gasteiger partial charge in [-0.05, 0) is 38.5 Å². The van der Waals surface area contributed by atoms with E-state index >= 15 is 0 Å². The molecule has 0 heterocycles. The molecule has 0 saturated heterocycles. The number of hydrogen-bond donors (Lipinski definition) is 0. The number of halogens is 1. The highest BCUT2D eigenvalue weighted by Crippen LogP contribution is 2.21. The van der Waals surface area contributed by atoms with Crippen molar-refractivity contribution in [2.75, 3.05) is 7.05 Å². The van der Waals surface area contributed by atoms with Crippen LogP contribution in [0.5, 0.6) is 0 Å². The second-order valence-electron chi connectivity index (χ2n) is 5.00. The van der Waals surface area contributed by atoms with Crippen LogP contribution >= 0.6 is 15.9 Å². The minimum Gasteiger partial charge on any atom is -0.212 e. The van der Waals surface area contributed by atoms with Gasteiger partial charge >= 0.3 is 0 Å². The fraction of sp³-hybridized carbons (Fsp3) is 0.500. The lowest BCUT2D eigenvalue weighted by atomic mass is 10.2. The van der Waals surface area contributed by atoms with Crippen molar-refractivity contribution in [1.29, 1.82) is 0 Å². The molecule has 0 aliphatic rings. The largest absolute Gasteiger partial charge is 0.219 e. The van der Waals surface area contributed by atoms with Crippen molar-refractivity contribution < 1.29 is 8.42 Å². The third-order valence-electron chi connectivity index (χ3n) is 2.48. The fourth-order valence-corrected chi connectivity index (χ4v) is 3.15. The smallest absolute Gasteiger partial charge is 0.212 e. The van der Waals surface area contributed by atoms with Gasteiger partial charge in [0.25, 0.3) is 0 Å². The minimum absolute atomic E-state index is 0.388. The lowest BCUT2D eigenvalue weighted by Crippen LogP contribution is -2.40. The first-order valence-electron chi connectivity index (χ1n) is 5.35. The molecule has 1 aromatic carbocycles. The van der Waals surface area contributed by atoms with Crippen molar-refractivity contribution in [3.63, 3.8) is 0 Å². The van der Waals surface area contributed by atoms with Crippen LogP contribution < -0.4 is 0 Å². The van der Waals surface area contributed by atoms with Gasteiger partial charge in [-0.2, -0.15) is 0 Å². The lowest BCUT2D eigenvalue weighted by molar-refractivity contribution is 0.441. The summed E-state index contributed by atoms with van der Waals surface area (Å²) in [5.74, 6) is 0. The summed E-state index contributed by atoms with van der Waals surface area (Å²) in [4.78, 5) is 0. The summed E-state index contributed by atoms with van der Waals surface area (Å²) in [6.07, 6.45) is 0. The maximum absolute atomic E-state index is 12.2. The topological polar surface area (TPSA) is 37.4 Å². The summed E-state index contributed by atoms with van der Waals surface area (Å²) in [6, 6.07) is 7.66. The average Bonchev–Trinajstić information content (AvgIpc) is 2.15. The molecule has 3 nitrogen and oxygen atoms in total. The first-order valence-corrected chi connectivity index (χ1v) is 7.58. The van der Waals surface area contributed by atoms with E-state index < -0.39 is 14.8 Å². The van der Waals surface area contributed by atoms with Crippen LogP contribution in [0.2, 0.25) is 0 Å². The monoisotopic (exact) mass is 319 g/mol. The quantitative estimate of drug-likeness (QED) is 0.858. The van der Waals surface area contributed by atoms with Crippen LogP contribution in [0.4, 0.5) is 0 Å². The molecule has 0 atom stereocenters. The Morgan fingerprint density at radius 2 is 1.88 bits per heavy atom. The Labute approximate surface area is 112 Å².